The predicted molar refractivity (Wildman–Crippen MR) is 92.4 cm³/mol. The van der Waals surface area contributed by atoms with Crippen LogP contribution in [0.25, 0.3) is 0 Å². The molecule has 1 aromatic heterocycles. The van der Waals surface area contributed by atoms with Gasteiger partial charge in [-0.3, -0.25) is 4.79 Å². The van der Waals surface area contributed by atoms with Crippen molar-refractivity contribution in [3.8, 4) is 5.75 Å². The van der Waals surface area contributed by atoms with Crippen LogP contribution in [0, 0.1) is 0 Å². The average Bonchev–Trinajstić information content (AvgIpc) is 3.16. The standard InChI is InChI=1S/C20H19NO4/c1-20(13-19(22)23,18-10-11-25-21-18)16-8-5-9-17(12-16)24-14-15-6-3-2-4-7-15/h2-12H,13-14H2,1H3,(H,22,23)/t20-/m1/s1. The number of aliphatic carboxylic acids is 1. The molecule has 0 spiro atoms. The number of carboxylic acid groups (broad SMARTS) is 1. The van der Waals surface area contributed by atoms with Crippen LogP contribution in [0.5, 0.6) is 5.75 Å². The van der Waals surface area contributed by atoms with Gasteiger partial charge in [0.25, 0.3) is 0 Å². The van der Waals surface area contributed by atoms with Gasteiger partial charge in [0, 0.05) is 11.5 Å². The van der Waals surface area contributed by atoms with Crippen molar-refractivity contribution >= 4 is 5.97 Å². The fourth-order valence-electron chi connectivity index (χ4n) is 2.81. The number of nitrogens with zero attached hydrogens (tertiary/aromatic N) is 1. The highest BCUT2D eigenvalue weighted by atomic mass is 16.5. The maximum absolute atomic E-state index is 11.4. The molecule has 0 aliphatic carbocycles. The molecule has 0 aliphatic heterocycles. The van der Waals surface area contributed by atoms with Crippen LogP contribution >= 0.6 is 0 Å². The first kappa shape index (κ1) is 16.8. The molecule has 3 rings (SSSR count). The lowest BCUT2D eigenvalue weighted by atomic mass is 9.76. The van der Waals surface area contributed by atoms with E-state index >= 15 is 0 Å². The van der Waals surface area contributed by atoms with Crippen LogP contribution in [-0.2, 0) is 16.8 Å². The minimum Gasteiger partial charge on any atom is -0.489 e. The number of hydrogen-bond donors (Lipinski definition) is 1. The number of hydrogen-bond acceptors (Lipinski definition) is 4. The van der Waals surface area contributed by atoms with E-state index in [9.17, 15) is 9.90 Å². The van der Waals surface area contributed by atoms with Gasteiger partial charge in [0.2, 0.25) is 0 Å². The van der Waals surface area contributed by atoms with Crippen LogP contribution < -0.4 is 4.74 Å². The number of benzene rings is 2. The molecule has 0 bridgehead atoms. The molecule has 0 saturated heterocycles. The summed E-state index contributed by atoms with van der Waals surface area (Å²) >= 11 is 0. The molecule has 5 nitrogen and oxygen atoms in total. The second kappa shape index (κ2) is 7.21. The lowest BCUT2D eigenvalue weighted by Gasteiger charge is -2.26. The molecule has 128 valence electrons. The maximum Gasteiger partial charge on any atom is 0.304 e. The van der Waals surface area contributed by atoms with E-state index in [4.69, 9.17) is 9.26 Å². The molecule has 0 amide bonds. The monoisotopic (exact) mass is 337 g/mol. The second-order valence-electron chi connectivity index (χ2n) is 6.09. The number of rotatable bonds is 7. The molecular formula is C20H19NO4. The van der Waals surface area contributed by atoms with Crippen LogP contribution in [0.1, 0.15) is 30.2 Å². The molecule has 0 saturated carbocycles. The molecule has 1 N–H and O–H groups in total. The van der Waals surface area contributed by atoms with E-state index in [0.717, 1.165) is 11.1 Å². The topological polar surface area (TPSA) is 72.6 Å². The van der Waals surface area contributed by atoms with E-state index in [0.29, 0.717) is 18.1 Å². The zero-order valence-electron chi connectivity index (χ0n) is 13.9. The molecule has 0 aliphatic rings. The first-order valence-electron chi connectivity index (χ1n) is 7.98. The van der Waals surface area contributed by atoms with Gasteiger partial charge in [-0.25, -0.2) is 0 Å². The number of carboxylic acids is 1. The van der Waals surface area contributed by atoms with Gasteiger partial charge in [0.1, 0.15) is 18.6 Å². The highest BCUT2D eigenvalue weighted by molar-refractivity contribution is 5.70. The normalized spacial score (nSPS) is 13.2. The average molecular weight is 337 g/mol. The third-order valence-electron chi connectivity index (χ3n) is 4.23. The highest BCUT2D eigenvalue weighted by Gasteiger charge is 2.34. The quantitative estimate of drug-likeness (QED) is 0.704. The molecule has 1 heterocycles. The largest absolute Gasteiger partial charge is 0.489 e. The van der Waals surface area contributed by atoms with Crippen LogP contribution in [0.3, 0.4) is 0 Å². The molecule has 3 aromatic rings. The van der Waals surface area contributed by atoms with Crippen LogP contribution in [-0.4, -0.2) is 16.2 Å². The van der Waals surface area contributed by atoms with Gasteiger partial charge < -0.3 is 14.4 Å². The first-order chi connectivity index (χ1) is 12.1. The summed E-state index contributed by atoms with van der Waals surface area (Å²) in [6, 6.07) is 19.0. The van der Waals surface area contributed by atoms with Crippen LogP contribution in [0.15, 0.2) is 71.4 Å². The van der Waals surface area contributed by atoms with E-state index in [1.807, 2.05) is 61.5 Å². The number of carbonyl (C=O) groups is 1. The van der Waals surface area contributed by atoms with Gasteiger partial charge in [-0.2, -0.15) is 0 Å². The zero-order valence-corrected chi connectivity index (χ0v) is 13.9. The van der Waals surface area contributed by atoms with Crippen molar-refractivity contribution in [3.05, 3.63) is 83.7 Å². The van der Waals surface area contributed by atoms with Gasteiger partial charge in [0.15, 0.2) is 0 Å². The van der Waals surface area contributed by atoms with Crippen molar-refractivity contribution in [1.82, 2.24) is 5.16 Å². The maximum atomic E-state index is 11.4. The molecule has 5 heteroatoms. The van der Waals surface area contributed by atoms with Crippen molar-refractivity contribution in [2.45, 2.75) is 25.4 Å². The summed E-state index contributed by atoms with van der Waals surface area (Å²) in [5, 5.41) is 13.3. The summed E-state index contributed by atoms with van der Waals surface area (Å²) in [5.74, 6) is -0.220. The minimum absolute atomic E-state index is 0.0956. The summed E-state index contributed by atoms with van der Waals surface area (Å²) in [5.41, 5.74) is 1.66. The Morgan fingerprint density at radius 1 is 1.16 bits per heavy atom. The molecule has 25 heavy (non-hydrogen) atoms. The summed E-state index contributed by atoms with van der Waals surface area (Å²) < 4.78 is 10.8. The van der Waals surface area contributed by atoms with Crippen molar-refractivity contribution < 1.29 is 19.2 Å². The Morgan fingerprint density at radius 2 is 1.96 bits per heavy atom. The molecule has 2 aromatic carbocycles. The minimum atomic E-state index is -0.902. The molecule has 0 unspecified atom stereocenters. The smallest absolute Gasteiger partial charge is 0.304 e. The van der Waals surface area contributed by atoms with Crippen LogP contribution in [0.4, 0.5) is 0 Å². The van der Waals surface area contributed by atoms with E-state index in [1.165, 1.54) is 6.26 Å². The molecule has 0 fully saturated rings. The van der Waals surface area contributed by atoms with Crippen molar-refractivity contribution in [2.75, 3.05) is 0 Å². The Kier molecular flexibility index (Phi) is 4.84. The van der Waals surface area contributed by atoms with Gasteiger partial charge in [0.05, 0.1) is 12.1 Å². The van der Waals surface area contributed by atoms with E-state index in [1.54, 1.807) is 6.07 Å². The fraction of sp³-hybridized carbons (Fsp3) is 0.200. The summed E-state index contributed by atoms with van der Waals surface area (Å²) in [6.07, 6.45) is 1.35. The van der Waals surface area contributed by atoms with Crippen molar-refractivity contribution in [1.29, 1.82) is 0 Å². The highest BCUT2D eigenvalue weighted by Crippen LogP contribution is 2.36. The third-order valence-corrected chi connectivity index (χ3v) is 4.23. The van der Waals surface area contributed by atoms with E-state index < -0.39 is 11.4 Å². The molecule has 0 radical (unpaired) electrons. The Hall–Kier alpha value is -3.08. The fourth-order valence-corrected chi connectivity index (χ4v) is 2.81. The van der Waals surface area contributed by atoms with Gasteiger partial charge >= 0.3 is 5.97 Å². The number of ether oxygens (including phenoxy) is 1. The Labute approximate surface area is 145 Å². The zero-order chi connectivity index (χ0) is 17.7. The van der Waals surface area contributed by atoms with E-state index in [2.05, 4.69) is 5.16 Å². The van der Waals surface area contributed by atoms with Gasteiger partial charge in [-0.1, -0.05) is 47.6 Å². The van der Waals surface area contributed by atoms with Crippen molar-refractivity contribution in [3.63, 3.8) is 0 Å². The Morgan fingerprint density at radius 3 is 2.64 bits per heavy atom. The summed E-state index contributed by atoms with van der Waals surface area (Å²) in [7, 11) is 0. The predicted octanol–water partition coefficient (Wildman–Crippen LogP) is 4.03. The van der Waals surface area contributed by atoms with Gasteiger partial charge in [-0.05, 0) is 30.2 Å². The lowest BCUT2D eigenvalue weighted by Crippen LogP contribution is -2.27. The van der Waals surface area contributed by atoms with E-state index in [-0.39, 0.29) is 6.42 Å². The Balaban J connectivity index is 1.86. The second-order valence-corrected chi connectivity index (χ2v) is 6.09. The SMILES string of the molecule is C[C@@](CC(=O)O)(c1cccc(OCc2ccccc2)c1)c1ccon1. The Bertz CT molecular complexity index is 830. The molecular weight excluding hydrogens is 318 g/mol. The summed E-state index contributed by atoms with van der Waals surface area (Å²) in [6.45, 7) is 2.29. The first-order valence-corrected chi connectivity index (χ1v) is 7.98. The van der Waals surface area contributed by atoms with Gasteiger partial charge in [-0.15, -0.1) is 0 Å². The summed E-state index contributed by atoms with van der Waals surface area (Å²) in [4.78, 5) is 11.4. The number of aromatic nitrogens is 1. The molecule has 1 atom stereocenters. The third kappa shape index (κ3) is 3.88. The van der Waals surface area contributed by atoms with Crippen LogP contribution in [0.2, 0.25) is 0 Å². The lowest BCUT2D eigenvalue weighted by molar-refractivity contribution is -0.138. The van der Waals surface area contributed by atoms with Crippen molar-refractivity contribution in [2.24, 2.45) is 0 Å².